The van der Waals surface area contributed by atoms with Gasteiger partial charge in [-0.05, 0) is 51.9 Å². The number of nitrogens with zero attached hydrogens (tertiary/aromatic N) is 1. The molecular formula is C34H60N6O6. The largest absolute Gasteiger partial charge is 0.444 e. The first-order chi connectivity index (χ1) is 21.4. The highest BCUT2D eigenvalue weighted by Crippen LogP contribution is 2.09. The molecule has 46 heavy (non-hydrogen) atoms. The van der Waals surface area contributed by atoms with Crippen LogP contribution in [0.3, 0.4) is 0 Å². The molecule has 2 unspecified atom stereocenters. The van der Waals surface area contributed by atoms with Crippen LogP contribution in [0.5, 0.6) is 0 Å². The van der Waals surface area contributed by atoms with Crippen LogP contribution in [-0.4, -0.2) is 79.5 Å². The van der Waals surface area contributed by atoms with Crippen LogP contribution in [-0.2, 0) is 23.9 Å². The maximum absolute atomic E-state index is 12.6. The molecule has 0 aromatic heterocycles. The number of rotatable bonds is 12. The van der Waals surface area contributed by atoms with Gasteiger partial charge in [-0.1, -0.05) is 79.3 Å². The molecule has 12 nitrogen and oxygen atoms in total. The second-order valence-electron chi connectivity index (χ2n) is 11.4. The second-order valence-corrected chi connectivity index (χ2v) is 11.4. The Morgan fingerprint density at radius 1 is 0.891 bits per heavy atom. The van der Waals surface area contributed by atoms with E-state index < -0.39 is 47.4 Å². The standard InChI is InChI=1S/C25H37N5O6.C4H9N.C3H8.C2H6/c1-15(2)21(30-20(32)14-27-24(35)36-25(5,6)7)23(34)26-13-19(31)28-17(4)16(3)22(33)29-18-11-9-8-10-12-18;1-4-5(2)3;1-3-2;1-2/h8-12,15,17,21H,3,13-14H2,1-2,4-7H3,(H,26,34)(H,27,35)(H,28,31)(H,29,33)(H,30,32);4H,1H2,2-3H3;3H2,1-2H3;1-2H3. The van der Waals surface area contributed by atoms with Gasteiger partial charge < -0.3 is 36.2 Å². The van der Waals surface area contributed by atoms with Crippen LogP contribution in [0.25, 0.3) is 0 Å². The predicted octanol–water partition coefficient (Wildman–Crippen LogP) is 4.60. The van der Waals surface area contributed by atoms with Gasteiger partial charge in [-0.3, -0.25) is 19.2 Å². The highest BCUT2D eigenvalue weighted by atomic mass is 16.6. The summed E-state index contributed by atoms with van der Waals surface area (Å²) in [6.07, 6.45) is 2.24. The molecule has 0 saturated heterocycles. The minimum absolute atomic E-state index is 0.142. The van der Waals surface area contributed by atoms with E-state index in [1.54, 1.807) is 72.0 Å². The van der Waals surface area contributed by atoms with Gasteiger partial charge >= 0.3 is 6.09 Å². The number of para-hydroxylation sites is 1. The topological polar surface area (TPSA) is 158 Å². The van der Waals surface area contributed by atoms with E-state index in [9.17, 15) is 24.0 Å². The Kier molecular flexibility index (Phi) is 26.0. The number of amides is 5. The van der Waals surface area contributed by atoms with Crippen LogP contribution < -0.4 is 26.6 Å². The van der Waals surface area contributed by atoms with Gasteiger partial charge in [0.05, 0.1) is 12.6 Å². The molecule has 0 saturated carbocycles. The van der Waals surface area contributed by atoms with Crippen LogP contribution in [0.2, 0.25) is 0 Å². The molecule has 262 valence electrons. The number of anilines is 1. The van der Waals surface area contributed by atoms with Gasteiger partial charge in [-0.2, -0.15) is 0 Å². The monoisotopic (exact) mass is 648 g/mol. The van der Waals surface area contributed by atoms with Crippen molar-refractivity contribution >= 4 is 35.4 Å². The molecule has 0 spiro atoms. The van der Waals surface area contributed by atoms with Crippen LogP contribution >= 0.6 is 0 Å². The van der Waals surface area contributed by atoms with E-state index in [2.05, 4.69) is 53.6 Å². The normalized spacial score (nSPS) is 11.1. The number of hydrogen-bond acceptors (Lipinski definition) is 7. The summed E-state index contributed by atoms with van der Waals surface area (Å²) < 4.78 is 5.06. The maximum Gasteiger partial charge on any atom is 0.408 e. The summed E-state index contributed by atoms with van der Waals surface area (Å²) in [5, 5.41) is 12.6. The molecule has 1 aromatic rings. The Balaban J connectivity index is -0.00000162. The molecule has 0 fully saturated rings. The predicted molar refractivity (Wildman–Crippen MR) is 187 cm³/mol. The summed E-state index contributed by atoms with van der Waals surface area (Å²) in [6, 6.07) is 7.20. The first kappa shape index (κ1) is 46.1. The zero-order valence-electron chi connectivity index (χ0n) is 30.1. The summed E-state index contributed by atoms with van der Waals surface area (Å²) in [4.78, 5) is 63.0. The third kappa shape index (κ3) is 25.0. The average Bonchev–Trinajstić information content (AvgIpc) is 2.98. The number of nitrogens with one attached hydrogen (secondary N) is 5. The lowest BCUT2D eigenvalue weighted by atomic mass is 10.0. The van der Waals surface area contributed by atoms with Gasteiger partial charge in [0.25, 0.3) is 5.91 Å². The lowest BCUT2D eigenvalue weighted by Crippen LogP contribution is -2.53. The summed E-state index contributed by atoms with van der Waals surface area (Å²) in [6.45, 7) is 24.8. The number of carbonyl (C=O) groups is 5. The Bertz CT molecular complexity index is 1070. The molecule has 0 aliphatic rings. The first-order valence-corrected chi connectivity index (χ1v) is 15.6. The van der Waals surface area contributed by atoms with Crippen molar-refractivity contribution in [1.29, 1.82) is 0 Å². The fraction of sp³-hybridized carbons (Fsp3) is 0.559. The quantitative estimate of drug-likeness (QED) is 0.207. The Morgan fingerprint density at radius 3 is 1.78 bits per heavy atom. The van der Waals surface area contributed by atoms with E-state index >= 15 is 0 Å². The average molecular weight is 649 g/mol. The van der Waals surface area contributed by atoms with Crippen molar-refractivity contribution in [2.45, 2.75) is 93.3 Å². The molecule has 5 amide bonds. The smallest absolute Gasteiger partial charge is 0.408 e. The number of carbonyl (C=O) groups excluding carboxylic acids is 5. The SMILES string of the molecule is C=C(C(=O)Nc1ccccc1)C(C)NC(=O)CNC(=O)C(NC(=O)CNC(=O)OC(C)(C)C)C(C)C.C=CN(C)C.CC.CCC. The Morgan fingerprint density at radius 2 is 1.35 bits per heavy atom. The lowest BCUT2D eigenvalue weighted by Gasteiger charge is -2.23. The second kappa shape index (κ2) is 25.9. The molecule has 1 aromatic carbocycles. The van der Waals surface area contributed by atoms with Crippen molar-refractivity contribution in [3.8, 4) is 0 Å². The number of hydrogen-bond donors (Lipinski definition) is 5. The van der Waals surface area contributed by atoms with Crippen molar-refractivity contribution in [2.75, 3.05) is 32.5 Å². The summed E-state index contributed by atoms with van der Waals surface area (Å²) in [5.74, 6) is -2.43. The number of ether oxygens (including phenoxy) is 1. The van der Waals surface area contributed by atoms with Crippen LogP contribution in [0.15, 0.2) is 55.3 Å². The van der Waals surface area contributed by atoms with Gasteiger partial charge in [-0.25, -0.2) is 4.79 Å². The van der Waals surface area contributed by atoms with E-state index in [1.165, 1.54) is 6.42 Å². The molecule has 0 heterocycles. The highest BCUT2D eigenvalue weighted by Gasteiger charge is 2.25. The number of benzene rings is 1. The van der Waals surface area contributed by atoms with Crippen molar-refractivity contribution in [3.05, 3.63) is 55.3 Å². The van der Waals surface area contributed by atoms with E-state index in [0.29, 0.717) is 5.69 Å². The zero-order chi connectivity index (χ0) is 36.5. The van der Waals surface area contributed by atoms with E-state index in [1.807, 2.05) is 38.9 Å². The Labute approximate surface area is 277 Å². The van der Waals surface area contributed by atoms with Crippen molar-refractivity contribution < 1.29 is 28.7 Å². The Hall–Kier alpha value is -4.35. The fourth-order valence-corrected chi connectivity index (χ4v) is 2.81. The minimum Gasteiger partial charge on any atom is -0.444 e. The molecule has 1 rings (SSSR count). The molecule has 0 aliphatic carbocycles. The molecule has 12 heteroatoms. The van der Waals surface area contributed by atoms with Crippen molar-refractivity contribution in [1.82, 2.24) is 26.2 Å². The van der Waals surface area contributed by atoms with Crippen LogP contribution in [0.4, 0.5) is 10.5 Å². The van der Waals surface area contributed by atoms with Gasteiger partial charge in [0.1, 0.15) is 18.2 Å². The molecular weight excluding hydrogens is 588 g/mol. The third-order valence-electron chi connectivity index (χ3n) is 5.07. The summed E-state index contributed by atoms with van der Waals surface area (Å²) >= 11 is 0. The third-order valence-corrected chi connectivity index (χ3v) is 5.07. The van der Waals surface area contributed by atoms with E-state index in [0.717, 1.165) is 0 Å². The zero-order valence-corrected chi connectivity index (χ0v) is 30.1. The number of alkyl carbamates (subject to hydrolysis) is 1. The lowest BCUT2D eigenvalue weighted by molar-refractivity contribution is -0.131. The van der Waals surface area contributed by atoms with Gasteiger partial charge in [0.15, 0.2) is 0 Å². The van der Waals surface area contributed by atoms with E-state index in [-0.39, 0.29) is 24.6 Å². The minimum atomic E-state index is -0.935. The van der Waals surface area contributed by atoms with Crippen LogP contribution in [0.1, 0.15) is 75.7 Å². The summed E-state index contributed by atoms with van der Waals surface area (Å²) in [7, 11) is 3.88. The fourth-order valence-electron chi connectivity index (χ4n) is 2.81. The maximum atomic E-state index is 12.6. The van der Waals surface area contributed by atoms with E-state index in [4.69, 9.17) is 4.74 Å². The van der Waals surface area contributed by atoms with Crippen LogP contribution in [0, 0.1) is 5.92 Å². The first-order valence-electron chi connectivity index (χ1n) is 15.6. The van der Waals surface area contributed by atoms with Gasteiger partial charge in [0.2, 0.25) is 17.7 Å². The molecule has 0 bridgehead atoms. The molecule has 5 N–H and O–H groups in total. The highest BCUT2D eigenvalue weighted by molar-refractivity contribution is 6.04. The van der Waals surface area contributed by atoms with Gasteiger partial charge in [0, 0.05) is 25.4 Å². The van der Waals surface area contributed by atoms with Crippen molar-refractivity contribution in [3.63, 3.8) is 0 Å². The van der Waals surface area contributed by atoms with Gasteiger partial charge in [-0.15, -0.1) is 0 Å². The molecule has 0 radical (unpaired) electrons. The molecule has 2 atom stereocenters. The molecule has 0 aliphatic heterocycles. The van der Waals surface area contributed by atoms with Crippen molar-refractivity contribution in [2.24, 2.45) is 5.92 Å². The summed E-state index contributed by atoms with van der Waals surface area (Å²) in [5.41, 5.74) is 0.0256.